The molecule has 0 aliphatic rings. The number of carboxylic acid groups (broad SMARTS) is 1. The van der Waals surface area contributed by atoms with Crippen LogP contribution in [0.3, 0.4) is 0 Å². The van der Waals surface area contributed by atoms with Crippen LogP contribution in [0, 0.1) is 0 Å². The normalized spacial score (nSPS) is 11.9. The summed E-state index contributed by atoms with van der Waals surface area (Å²) in [5.74, 6) is 0.411. The molecule has 5 nitrogen and oxygen atoms in total. The van der Waals surface area contributed by atoms with Crippen LogP contribution in [0.5, 0.6) is 11.5 Å². The largest absolute Gasteiger partial charge is 0.497 e. The number of rotatable bonds is 6. The summed E-state index contributed by atoms with van der Waals surface area (Å²) in [7, 11) is 3.16. The summed E-state index contributed by atoms with van der Waals surface area (Å²) < 4.78 is 10.3. The first-order valence-corrected chi connectivity index (χ1v) is 4.84. The molecule has 0 saturated heterocycles. The van der Waals surface area contributed by atoms with Crippen molar-refractivity contribution in [2.75, 3.05) is 20.8 Å². The van der Waals surface area contributed by atoms with E-state index >= 15 is 0 Å². The van der Waals surface area contributed by atoms with E-state index in [1.807, 2.05) is 0 Å². The van der Waals surface area contributed by atoms with Crippen molar-refractivity contribution in [3.05, 3.63) is 24.3 Å². The number of carboxylic acids is 1. The number of carbonyl (C=O) groups is 1. The first-order valence-electron chi connectivity index (χ1n) is 4.84. The van der Waals surface area contributed by atoms with Crippen LogP contribution < -0.4 is 14.8 Å². The highest BCUT2D eigenvalue weighted by Gasteiger charge is 2.15. The maximum atomic E-state index is 10.7. The van der Waals surface area contributed by atoms with Gasteiger partial charge in [-0.2, -0.15) is 0 Å². The molecule has 0 amide bonds. The van der Waals surface area contributed by atoms with Gasteiger partial charge in [0.05, 0.1) is 7.11 Å². The predicted octanol–water partition coefficient (Wildman–Crippen LogP) is 0.747. The van der Waals surface area contributed by atoms with Crippen LogP contribution >= 0.6 is 0 Å². The van der Waals surface area contributed by atoms with Crippen molar-refractivity contribution in [2.45, 2.75) is 6.04 Å². The molecule has 1 rings (SSSR count). The lowest BCUT2D eigenvalue weighted by molar-refractivity contribution is -0.140. The van der Waals surface area contributed by atoms with E-state index in [4.69, 9.17) is 14.6 Å². The van der Waals surface area contributed by atoms with E-state index in [0.29, 0.717) is 5.75 Å². The molecule has 1 unspecified atom stereocenters. The van der Waals surface area contributed by atoms with Crippen molar-refractivity contribution >= 4 is 5.97 Å². The third-order valence-electron chi connectivity index (χ3n) is 2.12. The monoisotopic (exact) mass is 225 g/mol. The summed E-state index contributed by atoms with van der Waals surface area (Å²) in [5.41, 5.74) is 0. The SMILES string of the molecule is CNC(COc1ccc(OC)cc1)C(=O)O. The summed E-state index contributed by atoms with van der Waals surface area (Å²) in [6, 6.07) is 6.26. The third kappa shape index (κ3) is 3.43. The standard InChI is InChI=1S/C11H15NO4/c1-12-10(11(13)14)7-16-9-5-3-8(15-2)4-6-9/h3-6,10,12H,7H2,1-2H3,(H,13,14). The van der Waals surface area contributed by atoms with Gasteiger partial charge in [-0.1, -0.05) is 0 Å². The molecule has 1 aromatic carbocycles. The molecule has 0 radical (unpaired) electrons. The van der Waals surface area contributed by atoms with Gasteiger partial charge in [-0.05, 0) is 31.3 Å². The molecule has 1 aromatic rings. The van der Waals surface area contributed by atoms with Crippen LogP contribution in [-0.2, 0) is 4.79 Å². The molecular weight excluding hydrogens is 210 g/mol. The Morgan fingerprint density at radius 2 is 1.94 bits per heavy atom. The van der Waals surface area contributed by atoms with Gasteiger partial charge in [-0.15, -0.1) is 0 Å². The third-order valence-corrected chi connectivity index (χ3v) is 2.12. The molecule has 0 bridgehead atoms. The van der Waals surface area contributed by atoms with Crippen molar-refractivity contribution in [3.8, 4) is 11.5 Å². The van der Waals surface area contributed by atoms with Crippen LogP contribution in [0.4, 0.5) is 0 Å². The smallest absolute Gasteiger partial charge is 0.324 e. The quantitative estimate of drug-likeness (QED) is 0.747. The van der Waals surface area contributed by atoms with Crippen LogP contribution in [0.1, 0.15) is 0 Å². The minimum atomic E-state index is -0.934. The van der Waals surface area contributed by atoms with Gasteiger partial charge in [0.15, 0.2) is 0 Å². The Labute approximate surface area is 94.0 Å². The fourth-order valence-corrected chi connectivity index (χ4v) is 1.13. The second-order valence-corrected chi connectivity index (χ2v) is 3.17. The molecule has 5 heteroatoms. The Balaban J connectivity index is 2.50. The lowest BCUT2D eigenvalue weighted by Gasteiger charge is -2.12. The minimum absolute atomic E-state index is 0.0815. The van der Waals surface area contributed by atoms with Gasteiger partial charge < -0.3 is 19.9 Å². The minimum Gasteiger partial charge on any atom is -0.497 e. The van der Waals surface area contributed by atoms with Crippen molar-refractivity contribution < 1.29 is 19.4 Å². The second kappa shape index (κ2) is 5.97. The summed E-state index contributed by atoms with van der Waals surface area (Å²) >= 11 is 0. The van der Waals surface area contributed by atoms with Gasteiger partial charge in [0.1, 0.15) is 24.1 Å². The Hall–Kier alpha value is -1.75. The van der Waals surface area contributed by atoms with E-state index in [2.05, 4.69) is 5.32 Å². The number of hydrogen-bond acceptors (Lipinski definition) is 4. The zero-order chi connectivity index (χ0) is 12.0. The molecule has 0 saturated carbocycles. The molecule has 0 heterocycles. The van der Waals surface area contributed by atoms with Gasteiger partial charge in [0, 0.05) is 0 Å². The van der Waals surface area contributed by atoms with E-state index in [1.54, 1.807) is 38.4 Å². The number of nitrogens with one attached hydrogen (secondary N) is 1. The first-order chi connectivity index (χ1) is 7.67. The molecule has 88 valence electrons. The second-order valence-electron chi connectivity index (χ2n) is 3.17. The lowest BCUT2D eigenvalue weighted by Crippen LogP contribution is -2.39. The van der Waals surface area contributed by atoms with Gasteiger partial charge >= 0.3 is 5.97 Å². The van der Waals surface area contributed by atoms with E-state index < -0.39 is 12.0 Å². The van der Waals surface area contributed by atoms with E-state index in [-0.39, 0.29) is 6.61 Å². The fraction of sp³-hybridized carbons (Fsp3) is 0.364. The van der Waals surface area contributed by atoms with E-state index in [9.17, 15) is 4.79 Å². The zero-order valence-corrected chi connectivity index (χ0v) is 9.27. The summed E-state index contributed by atoms with van der Waals surface area (Å²) in [5, 5.41) is 11.4. The van der Waals surface area contributed by atoms with Crippen LogP contribution in [0.25, 0.3) is 0 Å². The van der Waals surface area contributed by atoms with E-state index in [0.717, 1.165) is 5.75 Å². The molecule has 0 fully saturated rings. The average molecular weight is 225 g/mol. The van der Waals surface area contributed by atoms with Crippen molar-refractivity contribution in [1.82, 2.24) is 5.32 Å². The van der Waals surface area contributed by atoms with Crippen molar-refractivity contribution in [1.29, 1.82) is 0 Å². The Morgan fingerprint density at radius 3 is 2.38 bits per heavy atom. The average Bonchev–Trinajstić information content (AvgIpc) is 2.30. The molecule has 0 spiro atoms. The molecule has 0 aliphatic carbocycles. The highest BCUT2D eigenvalue weighted by Crippen LogP contribution is 2.16. The summed E-state index contributed by atoms with van der Waals surface area (Å²) in [6.07, 6.45) is 0. The molecule has 0 aliphatic heterocycles. The predicted molar refractivity (Wildman–Crippen MR) is 59.0 cm³/mol. The zero-order valence-electron chi connectivity index (χ0n) is 9.27. The van der Waals surface area contributed by atoms with Crippen molar-refractivity contribution in [3.63, 3.8) is 0 Å². The maximum absolute atomic E-state index is 10.7. The van der Waals surface area contributed by atoms with Crippen molar-refractivity contribution in [2.24, 2.45) is 0 Å². The van der Waals surface area contributed by atoms with Gasteiger partial charge in [0.2, 0.25) is 0 Å². The molecular formula is C11H15NO4. The molecule has 0 aromatic heterocycles. The summed E-state index contributed by atoms with van der Waals surface area (Å²) in [4.78, 5) is 10.7. The fourth-order valence-electron chi connectivity index (χ4n) is 1.13. The van der Waals surface area contributed by atoms with Gasteiger partial charge in [0.25, 0.3) is 0 Å². The Kier molecular flexibility index (Phi) is 4.60. The van der Waals surface area contributed by atoms with Gasteiger partial charge in [-0.3, -0.25) is 4.79 Å². The number of benzene rings is 1. The Morgan fingerprint density at radius 1 is 1.38 bits per heavy atom. The number of aliphatic carboxylic acids is 1. The highest BCUT2D eigenvalue weighted by atomic mass is 16.5. The lowest BCUT2D eigenvalue weighted by atomic mass is 10.3. The number of methoxy groups -OCH3 is 1. The van der Waals surface area contributed by atoms with Crippen LogP contribution in [-0.4, -0.2) is 37.9 Å². The first kappa shape index (κ1) is 12.3. The topological polar surface area (TPSA) is 67.8 Å². The maximum Gasteiger partial charge on any atom is 0.324 e. The summed E-state index contributed by atoms with van der Waals surface area (Å²) in [6.45, 7) is 0.0815. The molecule has 1 atom stereocenters. The van der Waals surface area contributed by atoms with Gasteiger partial charge in [-0.25, -0.2) is 0 Å². The van der Waals surface area contributed by atoms with Crippen LogP contribution in [0.2, 0.25) is 0 Å². The molecule has 16 heavy (non-hydrogen) atoms. The highest BCUT2D eigenvalue weighted by molar-refractivity contribution is 5.73. The number of likely N-dealkylation sites (N-methyl/N-ethyl adjacent to an activating group) is 1. The molecule has 2 N–H and O–H groups in total. The van der Waals surface area contributed by atoms with E-state index in [1.165, 1.54) is 0 Å². The number of ether oxygens (including phenoxy) is 2. The van der Waals surface area contributed by atoms with Crippen LogP contribution in [0.15, 0.2) is 24.3 Å². The Bertz CT molecular complexity index is 336. The number of hydrogen-bond donors (Lipinski definition) is 2.